The van der Waals surface area contributed by atoms with Crippen LogP contribution in [0.4, 0.5) is 0 Å². The Balaban J connectivity index is 0.00000248. The van der Waals surface area contributed by atoms with Crippen molar-refractivity contribution in [3.05, 3.63) is 113 Å². The first-order chi connectivity index (χ1) is 21.0. The number of benzene rings is 4. The Morgan fingerprint density at radius 2 is 1.30 bits per heavy atom. The van der Waals surface area contributed by atoms with Crippen molar-refractivity contribution in [1.82, 2.24) is 5.32 Å². The highest BCUT2D eigenvalue weighted by Crippen LogP contribution is 2.42. The van der Waals surface area contributed by atoms with Gasteiger partial charge in [-0.3, -0.25) is 4.79 Å². The predicted octanol–water partition coefficient (Wildman–Crippen LogP) is 8.44. The van der Waals surface area contributed by atoms with Crippen LogP contribution in [-0.4, -0.2) is 33.3 Å². The zero-order valence-corrected chi connectivity index (χ0v) is 26.3. The van der Waals surface area contributed by atoms with Crippen LogP contribution in [0, 0.1) is 0 Å². The fourth-order valence-electron chi connectivity index (χ4n) is 4.47. The highest BCUT2D eigenvalue weighted by Gasteiger charge is 2.22. The van der Waals surface area contributed by atoms with E-state index in [0.717, 1.165) is 27.8 Å². The SMILES string of the molecule is CC.COCCCNC(=O)c1cc(-c2cc(C(C)C)ccc2OC)c(OCc2ccccc2)cc1OCc1ccccc1. The number of methoxy groups -OCH3 is 2. The van der Waals surface area contributed by atoms with E-state index in [1.807, 2.05) is 92.7 Å². The number of rotatable bonds is 14. The number of hydrogen-bond donors (Lipinski definition) is 1. The maximum absolute atomic E-state index is 13.5. The van der Waals surface area contributed by atoms with Gasteiger partial charge in [-0.25, -0.2) is 0 Å². The van der Waals surface area contributed by atoms with Gasteiger partial charge in [0.05, 0.1) is 12.7 Å². The van der Waals surface area contributed by atoms with Gasteiger partial charge in [-0.2, -0.15) is 0 Å². The number of nitrogens with one attached hydrogen (secondary N) is 1. The first-order valence-electron chi connectivity index (χ1n) is 15.0. The standard InChI is InChI=1S/C35H39NO5.C2H6/c1-25(2)28-16-17-32(39-4)29(20-28)30-21-31(35(37)36-18-11-19-38-3)34(41-24-27-14-9-6-10-15-27)22-33(30)40-23-26-12-7-5-8-13-26;1-2/h5-10,12-17,20-22,25H,11,18-19,23-24H2,1-4H3,(H,36,37);1-2H3. The highest BCUT2D eigenvalue weighted by molar-refractivity contribution is 5.99. The molecule has 228 valence electrons. The molecule has 4 rings (SSSR count). The van der Waals surface area contributed by atoms with Crippen molar-refractivity contribution in [2.24, 2.45) is 0 Å². The second-order valence-electron chi connectivity index (χ2n) is 10.1. The number of amides is 1. The molecule has 43 heavy (non-hydrogen) atoms. The molecule has 0 radical (unpaired) electrons. The van der Waals surface area contributed by atoms with E-state index in [4.69, 9.17) is 18.9 Å². The molecule has 0 saturated heterocycles. The second-order valence-corrected chi connectivity index (χ2v) is 10.1. The smallest absolute Gasteiger partial charge is 0.255 e. The van der Waals surface area contributed by atoms with Crippen molar-refractivity contribution in [1.29, 1.82) is 0 Å². The number of ether oxygens (including phenoxy) is 4. The van der Waals surface area contributed by atoms with Gasteiger partial charge in [0.25, 0.3) is 5.91 Å². The quantitative estimate of drug-likeness (QED) is 0.151. The summed E-state index contributed by atoms with van der Waals surface area (Å²) < 4.78 is 23.6. The molecule has 0 aliphatic carbocycles. The Kier molecular flexibility index (Phi) is 13.6. The summed E-state index contributed by atoms with van der Waals surface area (Å²) in [6.07, 6.45) is 0.706. The van der Waals surface area contributed by atoms with E-state index >= 15 is 0 Å². The first-order valence-corrected chi connectivity index (χ1v) is 15.0. The summed E-state index contributed by atoms with van der Waals surface area (Å²) in [4.78, 5) is 13.5. The van der Waals surface area contributed by atoms with E-state index in [1.165, 1.54) is 0 Å². The molecule has 0 aliphatic rings. The molecule has 1 amide bonds. The Bertz CT molecular complexity index is 1400. The van der Waals surface area contributed by atoms with Gasteiger partial charge in [0.2, 0.25) is 0 Å². The second kappa shape index (κ2) is 17.6. The summed E-state index contributed by atoms with van der Waals surface area (Å²) in [5.41, 5.74) is 5.23. The molecule has 0 saturated carbocycles. The van der Waals surface area contributed by atoms with E-state index in [-0.39, 0.29) is 5.91 Å². The van der Waals surface area contributed by atoms with Gasteiger partial charge >= 0.3 is 0 Å². The van der Waals surface area contributed by atoms with Gasteiger partial charge in [-0.05, 0) is 47.2 Å². The molecule has 0 aliphatic heterocycles. The van der Waals surface area contributed by atoms with E-state index in [2.05, 4.69) is 31.3 Å². The Morgan fingerprint density at radius 1 is 0.721 bits per heavy atom. The third kappa shape index (κ3) is 9.62. The molecule has 0 spiro atoms. The van der Waals surface area contributed by atoms with Gasteiger partial charge in [-0.1, -0.05) is 94.4 Å². The average molecular weight is 584 g/mol. The van der Waals surface area contributed by atoms with Crippen LogP contribution in [0.2, 0.25) is 0 Å². The Hall–Kier alpha value is -4.29. The topological polar surface area (TPSA) is 66.0 Å². The molecular formula is C37H45NO5. The first kappa shape index (κ1) is 33.2. The van der Waals surface area contributed by atoms with Crippen LogP contribution >= 0.6 is 0 Å². The fourth-order valence-corrected chi connectivity index (χ4v) is 4.47. The Morgan fingerprint density at radius 3 is 1.86 bits per heavy atom. The molecule has 4 aromatic carbocycles. The predicted molar refractivity (Wildman–Crippen MR) is 174 cm³/mol. The maximum atomic E-state index is 13.5. The van der Waals surface area contributed by atoms with E-state index < -0.39 is 0 Å². The third-order valence-electron chi connectivity index (χ3n) is 6.79. The lowest BCUT2D eigenvalue weighted by molar-refractivity contribution is 0.0944. The van der Waals surface area contributed by atoms with Gasteiger partial charge in [0, 0.05) is 37.5 Å². The average Bonchev–Trinajstić information content (AvgIpc) is 3.06. The van der Waals surface area contributed by atoms with Crippen molar-refractivity contribution in [3.8, 4) is 28.4 Å². The summed E-state index contributed by atoms with van der Waals surface area (Å²) in [6, 6.07) is 29.7. The molecule has 1 N–H and O–H groups in total. The number of carbonyl (C=O) groups is 1. The summed E-state index contributed by atoms with van der Waals surface area (Å²) >= 11 is 0. The van der Waals surface area contributed by atoms with Gasteiger partial charge in [-0.15, -0.1) is 0 Å². The molecule has 0 fully saturated rings. The van der Waals surface area contributed by atoms with Gasteiger partial charge in [0.1, 0.15) is 30.5 Å². The minimum Gasteiger partial charge on any atom is -0.496 e. The number of hydrogen-bond acceptors (Lipinski definition) is 5. The molecule has 0 aromatic heterocycles. The molecule has 6 nitrogen and oxygen atoms in total. The largest absolute Gasteiger partial charge is 0.496 e. The van der Waals surface area contributed by atoms with Crippen LogP contribution in [0.25, 0.3) is 11.1 Å². The minimum absolute atomic E-state index is 0.223. The molecule has 0 unspecified atom stereocenters. The van der Waals surface area contributed by atoms with Crippen molar-refractivity contribution >= 4 is 5.91 Å². The molecule has 0 bridgehead atoms. The van der Waals surface area contributed by atoms with Crippen LogP contribution in [0.15, 0.2) is 91.0 Å². The monoisotopic (exact) mass is 583 g/mol. The van der Waals surface area contributed by atoms with E-state index in [1.54, 1.807) is 14.2 Å². The van der Waals surface area contributed by atoms with Gasteiger partial charge < -0.3 is 24.3 Å². The van der Waals surface area contributed by atoms with E-state index in [9.17, 15) is 4.79 Å². The molecule has 4 aromatic rings. The van der Waals surface area contributed by atoms with Crippen molar-refractivity contribution in [2.75, 3.05) is 27.4 Å². The lowest BCUT2D eigenvalue weighted by Gasteiger charge is -2.20. The van der Waals surface area contributed by atoms with Crippen LogP contribution in [-0.2, 0) is 18.0 Å². The van der Waals surface area contributed by atoms with Crippen LogP contribution in [0.1, 0.15) is 67.1 Å². The summed E-state index contributed by atoms with van der Waals surface area (Å²) in [6.45, 7) is 10.0. The molecule has 0 atom stereocenters. The lowest BCUT2D eigenvalue weighted by Crippen LogP contribution is -2.26. The van der Waals surface area contributed by atoms with E-state index in [0.29, 0.717) is 61.5 Å². The number of carbonyl (C=O) groups excluding carboxylic acids is 1. The minimum atomic E-state index is -0.223. The van der Waals surface area contributed by atoms with Crippen LogP contribution in [0.5, 0.6) is 17.2 Å². The lowest BCUT2D eigenvalue weighted by atomic mass is 9.94. The zero-order chi connectivity index (χ0) is 31.0. The maximum Gasteiger partial charge on any atom is 0.255 e. The van der Waals surface area contributed by atoms with Crippen LogP contribution < -0.4 is 19.5 Å². The normalized spacial score (nSPS) is 10.5. The van der Waals surface area contributed by atoms with Gasteiger partial charge in [0.15, 0.2) is 0 Å². The van der Waals surface area contributed by atoms with Crippen molar-refractivity contribution < 1.29 is 23.7 Å². The zero-order valence-electron chi connectivity index (χ0n) is 26.3. The third-order valence-corrected chi connectivity index (χ3v) is 6.79. The molecule has 6 heteroatoms. The molecule has 0 heterocycles. The van der Waals surface area contributed by atoms with Crippen molar-refractivity contribution in [2.45, 2.75) is 53.2 Å². The Labute approximate surface area is 257 Å². The van der Waals surface area contributed by atoms with Crippen molar-refractivity contribution in [3.63, 3.8) is 0 Å². The highest BCUT2D eigenvalue weighted by atomic mass is 16.5. The summed E-state index contributed by atoms with van der Waals surface area (Å²) in [7, 11) is 3.30. The summed E-state index contributed by atoms with van der Waals surface area (Å²) in [5, 5.41) is 3.02. The molecular weight excluding hydrogens is 538 g/mol. The fraction of sp³-hybridized carbons (Fsp3) is 0.324. The summed E-state index contributed by atoms with van der Waals surface area (Å²) in [5.74, 6) is 1.84. The van der Waals surface area contributed by atoms with Crippen LogP contribution in [0.3, 0.4) is 0 Å².